The molecule has 0 aromatic heterocycles. The van der Waals surface area contributed by atoms with Gasteiger partial charge in [0.15, 0.2) is 0 Å². The van der Waals surface area contributed by atoms with Gasteiger partial charge in [-0.1, -0.05) is 0 Å². The maximum absolute atomic E-state index is 12.3. The Labute approximate surface area is 116 Å². The summed E-state index contributed by atoms with van der Waals surface area (Å²) >= 11 is 0. The van der Waals surface area contributed by atoms with Crippen LogP contribution in [0, 0.1) is 0 Å². The van der Waals surface area contributed by atoms with Gasteiger partial charge in [0.05, 0.1) is 5.56 Å². The molecular formula is C14H16N2O4. The van der Waals surface area contributed by atoms with Crippen LogP contribution in [0.3, 0.4) is 0 Å². The molecule has 1 fully saturated rings. The summed E-state index contributed by atoms with van der Waals surface area (Å²) in [5.74, 6) is -1.27. The minimum Gasteiger partial charge on any atom is -0.478 e. The van der Waals surface area contributed by atoms with Gasteiger partial charge in [0.2, 0.25) is 0 Å². The normalized spacial score (nSPS) is 19.1. The van der Waals surface area contributed by atoms with Gasteiger partial charge in [-0.3, -0.25) is 14.6 Å². The predicted octanol–water partition coefficient (Wildman–Crippen LogP) is 1.95. The number of carboxylic acid groups (broad SMARTS) is 1. The highest BCUT2D eigenvalue weighted by Gasteiger charge is 2.44. The van der Waals surface area contributed by atoms with Gasteiger partial charge in [0, 0.05) is 11.7 Å². The van der Waals surface area contributed by atoms with Crippen molar-refractivity contribution >= 4 is 23.6 Å². The van der Waals surface area contributed by atoms with Crippen molar-refractivity contribution in [2.45, 2.75) is 32.9 Å². The maximum Gasteiger partial charge on any atom is 0.335 e. The minimum atomic E-state index is -1.03. The highest BCUT2D eigenvalue weighted by Crippen LogP contribution is 2.27. The highest BCUT2D eigenvalue weighted by atomic mass is 16.4. The van der Waals surface area contributed by atoms with Crippen molar-refractivity contribution < 1.29 is 19.5 Å². The number of hydrogen-bond acceptors (Lipinski definition) is 3. The lowest BCUT2D eigenvalue weighted by Crippen LogP contribution is -2.38. The van der Waals surface area contributed by atoms with Gasteiger partial charge in [-0.05, 0) is 45.0 Å². The number of benzene rings is 1. The topological polar surface area (TPSA) is 77.9 Å². The van der Waals surface area contributed by atoms with Gasteiger partial charge < -0.3 is 5.11 Å². The zero-order valence-electron chi connectivity index (χ0n) is 11.5. The fourth-order valence-corrected chi connectivity index (χ4v) is 2.26. The molecule has 1 heterocycles. The third kappa shape index (κ3) is 2.13. The third-order valence-electron chi connectivity index (χ3n) is 3.30. The number of rotatable bonds is 3. The van der Waals surface area contributed by atoms with Gasteiger partial charge in [0.25, 0.3) is 5.91 Å². The number of carbonyl (C=O) groups is 3. The molecular weight excluding hydrogens is 260 g/mol. The third-order valence-corrected chi connectivity index (χ3v) is 3.30. The first-order chi connectivity index (χ1) is 9.34. The molecule has 2 rings (SSSR count). The molecule has 1 aliphatic heterocycles. The van der Waals surface area contributed by atoms with E-state index in [1.54, 1.807) is 20.8 Å². The predicted molar refractivity (Wildman–Crippen MR) is 72.7 cm³/mol. The Balaban J connectivity index is 2.35. The van der Waals surface area contributed by atoms with Crippen molar-refractivity contribution in [3.8, 4) is 0 Å². The lowest BCUT2D eigenvalue weighted by Gasteiger charge is -2.20. The molecule has 1 N–H and O–H groups in total. The first-order valence-corrected chi connectivity index (χ1v) is 6.34. The summed E-state index contributed by atoms with van der Waals surface area (Å²) in [4.78, 5) is 37.8. The molecule has 1 aromatic carbocycles. The first-order valence-electron chi connectivity index (χ1n) is 6.34. The van der Waals surface area contributed by atoms with Crippen molar-refractivity contribution in [2.75, 3.05) is 4.90 Å². The smallest absolute Gasteiger partial charge is 0.335 e. The average Bonchev–Trinajstić information content (AvgIpc) is 2.60. The van der Waals surface area contributed by atoms with Crippen LogP contribution >= 0.6 is 0 Å². The second-order valence-corrected chi connectivity index (χ2v) is 4.98. The zero-order chi connectivity index (χ0) is 15.0. The Bertz CT molecular complexity index is 565. The Morgan fingerprint density at radius 2 is 1.75 bits per heavy atom. The van der Waals surface area contributed by atoms with E-state index < -0.39 is 12.0 Å². The molecule has 0 radical (unpaired) electrons. The summed E-state index contributed by atoms with van der Waals surface area (Å²) in [6, 6.07) is 4.74. The van der Waals surface area contributed by atoms with E-state index >= 15 is 0 Å². The number of imide groups is 1. The first kappa shape index (κ1) is 14.0. The number of hydrogen-bond donors (Lipinski definition) is 1. The van der Waals surface area contributed by atoms with E-state index in [1.807, 2.05) is 0 Å². The van der Waals surface area contributed by atoms with E-state index in [9.17, 15) is 14.4 Å². The van der Waals surface area contributed by atoms with Crippen LogP contribution in [0.1, 0.15) is 31.1 Å². The molecule has 6 heteroatoms. The van der Waals surface area contributed by atoms with E-state index in [-0.39, 0.29) is 23.5 Å². The Morgan fingerprint density at radius 1 is 1.20 bits per heavy atom. The van der Waals surface area contributed by atoms with Crippen LogP contribution in [0.5, 0.6) is 0 Å². The van der Waals surface area contributed by atoms with Crippen LogP contribution in [0.25, 0.3) is 0 Å². The van der Waals surface area contributed by atoms with E-state index in [2.05, 4.69) is 0 Å². The molecule has 1 atom stereocenters. The Kier molecular flexibility index (Phi) is 3.48. The number of amides is 3. The number of anilines is 1. The minimum absolute atomic E-state index is 0.139. The summed E-state index contributed by atoms with van der Waals surface area (Å²) in [6.45, 7) is 5.22. The molecule has 1 aromatic rings. The number of urea groups is 1. The molecule has 0 bridgehead atoms. The molecule has 3 amide bonds. The molecule has 20 heavy (non-hydrogen) atoms. The van der Waals surface area contributed by atoms with Crippen molar-refractivity contribution in [2.24, 2.45) is 0 Å². The number of carboxylic acids is 1. The van der Waals surface area contributed by atoms with Crippen LogP contribution < -0.4 is 4.90 Å². The second-order valence-electron chi connectivity index (χ2n) is 4.98. The largest absolute Gasteiger partial charge is 0.478 e. The van der Waals surface area contributed by atoms with Crippen LogP contribution in [-0.2, 0) is 4.79 Å². The molecule has 0 aliphatic carbocycles. The van der Waals surface area contributed by atoms with E-state index in [1.165, 1.54) is 34.1 Å². The molecule has 1 unspecified atom stereocenters. The van der Waals surface area contributed by atoms with E-state index in [0.717, 1.165) is 0 Å². The lowest BCUT2D eigenvalue weighted by molar-refractivity contribution is -0.128. The quantitative estimate of drug-likeness (QED) is 0.856. The molecule has 1 saturated heterocycles. The molecule has 6 nitrogen and oxygen atoms in total. The standard InChI is InChI=1S/C14H16N2O4/c1-8(2)15-12(17)9(3)16(14(15)20)11-6-4-10(5-7-11)13(18)19/h4-9H,1-3H3,(H,18,19). The summed E-state index contributed by atoms with van der Waals surface area (Å²) in [5.41, 5.74) is 0.657. The number of carbonyl (C=O) groups excluding carboxylic acids is 2. The average molecular weight is 276 g/mol. The van der Waals surface area contributed by atoms with Gasteiger partial charge in [-0.15, -0.1) is 0 Å². The highest BCUT2D eigenvalue weighted by molar-refractivity contribution is 6.14. The second kappa shape index (κ2) is 4.96. The fraction of sp³-hybridized carbons (Fsp3) is 0.357. The summed E-state index contributed by atoms with van der Waals surface area (Å²) in [7, 11) is 0. The molecule has 0 saturated carbocycles. The fourth-order valence-electron chi connectivity index (χ4n) is 2.26. The Hall–Kier alpha value is -2.37. The van der Waals surface area contributed by atoms with Crippen LogP contribution in [0.2, 0.25) is 0 Å². The molecule has 0 spiro atoms. The Morgan fingerprint density at radius 3 is 2.15 bits per heavy atom. The SMILES string of the molecule is CC(C)N1C(=O)C(C)N(c2ccc(C(=O)O)cc2)C1=O. The number of aromatic carboxylic acids is 1. The van der Waals surface area contributed by atoms with Crippen molar-refractivity contribution in [1.82, 2.24) is 4.90 Å². The zero-order valence-corrected chi connectivity index (χ0v) is 11.5. The van der Waals surface area contributed by atoms with Crippen molar-refractivity contribution in [3.05, 3.63) is 29.8 Å². The van der Waals surface area contributed by atoms with Crippen LogP contribution in [0.4, 0.5) is 10.5 Å². The summed E-state index contributed by atoms with van der Waals surface area (Å²) in [6.07, 6.45) is 0. The summed E-state index contributed by atoms with van der Waals surface area (Å²) in [5, 5.41) is 8.86. The monoisotopic (exact) mass is 276 g/mol. The maximum atomic E-state index is 12.3. The van der Waals surface area contributed by atoms with Gasteiger partial charge in [-0.2, -0.15) is 0 Å². The van der Waals surface area contributed by atoms with Gasteiger partial charge >= 0.3 is 12.0 Å². The summed E-state index contributed by atoms with van der Waals surface area (Å²) < 4.78 is 0. The van der Waals surface area contributed by atoms with Crippen molar-refractivity contribution in [3.63, 3.8) is 0 Å². The van der Waals surface area contributed by atoms with Crippen LogP contribution in [-0.4, -0.2) is 40.0 Å². The van der Waals surface area contributed by atoms with Gasteiger partial charge in [-0.25, -0.2) is 9.59 Å². The van der Waals surface area contributed by atoms with Gasteiger partial charge in [0.1, 0.15) is 6.04 Å². The number of nitrogens with zero attached hydrogens (tertiary/aromatic N) is 2. The lowest BCUT2D eigenvalue weighted by atomic mass is 10.2. The van der Waals surface area contributed by atoms with E-state index in [0.29, 0.717) is 5.69 Å². The molecule has 1 aliphatic rings. The molecule has 106 valence electrons. The van der Waals surface area contributed by atoms with Crippen molar-refractivity contribution in [1.29, 1.82) is 0 Å². The van der Waals surface area contributed by atoms with Crippen LogP contribution in [0.15, 0.2) is 24.3 Å². The van der Waals surface area contributed by atoms with E-state index in [4.69, 9.17) is 5.11 Å².